The number of carbonyl (C=O) groups is 1. The van der Waals surface area contributed by atoms with Gasteiger partial charge in [-0.15, -0.1) is 0 Å². The van der Waals surface area contributed by atoms with Crippen LogP contribution in [0.15, 0.2) is 35.7 Å². The minimum absolute atomic E-state index is 0.146. The minimum atomic E-state index is -0.329. The van der Waals surface area contributed by atoms with E-state index in [9.17, 15) is 10.1 Å². The number of amides is 1. The number of benzene rings is 1. The highest BCUT2D eigenvalue weighted by Gasteiger charge is 2.40. The number of nitriles is 1. The quantitative estimate of drug-likeness (QED) is 0.808. The molecular weight excluding hydrogens is 390 g/mol. The number of piperidine rings is 1. The fraction of sp³-hybridized carbons (Fsp3) is 0.458. The molecule has 2 aliphatic heterocycles. The van der Waals surface area contributed by atoms with Crippen LogP contribution >= 0.6 is 0 Å². The predicted molar refractivity (Wildman–Crippen MR) is 117 cm³/mol. The molecule has 0 radical (unpaired) electrons. The number of allylic oxidation sites excluding steroid dienone is 1. The van der Waals surface area contributed by atoms with E-state index in [-0.39, 0.29) is 23.6 Å². The highest BCUT2D eigenvalue weighted by Crippen LogP contribution is 2.49. The summed E-state index contributed by atoms with van der Waals surface area (Å²) >= 11 is 0. The molecule has 0 bridgehead atoms. The van der Waals surface area contributed by atoms with Gasteiger partial charge in [0.1, 0.15) is 11.6 Å². The normalized spacial score (nSPS) is 21.2. The molecule has 1 saturated heterocycles. The lowest BCUT2D eigenvalue weighted by Gasteiger charge is -2.28. The lowest BCUT2D eigenvalue weighted by atomic mass is 9.82. The fourth-order valence-electron chi connectivity index (χ4n) is 4.64. The molecule has 160 valence electrons. The van der Waals surface area contributed by atoms with Crippen molar-refractivity contribution in [3.63, 3.8) is 0 Å². The number of hydrogen-bond donors (Lipinski definition) is 1. The molecule has 7 nitrogen and oxygen atoms in total. The number of nitrogens with two attached hydrogens (primary N) is 1. The predicted octanol–water partition coefficient (Wildman–Crippen LogP) is 4.08. The van der Waals surface area contributed by atoms with Gasteiger partial charge in [0, 0.05) is 18.7 Å². The van der Waals surface area contributed by atoms with Crippen LogP contribution in [0.4, 0.5) is 5.69 Å². The molecule has 1 unspecified atom stereocenters. The number of anilines is 1. The Hall–Kier alpha value is -3.27. The largest absolute Gasteiger partial charge is 0.422 e. The molecule has 7 heteroatoms. The Morgan fingerprint density at radius 3 is 2.58 bits per heavy atom. The van der Waals surface area contributed by atoms with Crippen LogP contribution in [0.3, 0.4) is 0 Å². The lowest BCUT2D eigenvalue weighted by molar-refractivity contribution is -0.119. The molecule has 3 aliphatic rings. The molecule has 1 aromatic carbocycles. The maximum absolute atomic E-state index is 12.3. The highest BCUT2D eigenvalue weighted by molar-refractivity contribution is 5.94. The molecule has 31 heavy (non-hydrogen) atoms. The topological polar surface area (TPSA) is 97.2 Å². The second kappa shape index (κ2) is 7.45. The molecule has 1 aliphatic carbocycles. The summed E-state index contributed by atoms with van der Waals surface area (Å²) in [5.74, 6) is 0.839. The molecular formula is C24H27N5O2. The first-order valence-corrected chi connectivity index (χ1v) is 11.1. The second-order valence-corrected chi connectivity index (χ2v) is 8.95. The smallest absolute Gasteiger partial charge is 0.226 e. The van der Waals surface area contributed by atoms with Gasteiger partial charge in [0.05, 0.1) is 23.2 Å². The molecule has 1 amide bonds. The summed E-state index contributed by atoms with van der Waals surface area (Å²) in [6.07, 6.45) is 4.73. The van der Waals surface area contributed by atoms with Gasteiger partial charge >= 0.3 is 0 Å². The number of carbonyl (C=O) groups excluding carboxylic acids is 1. The number of hydrogen-bond acceptors (Lipinski definition) is 5. The van der Waals surface area contributed by atoms with E-state index in [0.29, 0.717) is 23.9 Å². The van der Waals surface area contributed by atoms with Gasteiger partial charge in [-0.3, -0.25) is 4.79 Å². The Labute approximate surface area is 182 Å². The summed E-state index contributed by atoms with van der Waals surface area (Å²) in [7, 11) is 0. The van der Waals surface area contributed by atoms with E-state index in [0.717, 1.165) is 54.7 Å². The van der Waals surface area contributed by atoms with Crippen LogP contribution in [-0.2, 0) is 4.79 Å². The van der Waals surface area contributed by atoms with Crippen LogP contribution in [0.25, 0.3) is 0 Å². The molecule has 2 fully saturated rings. The van der Waals surface area contributed by atoms with Crippen molar-refractivity contribution < 1.29 is 9.53 Å². The van der Waals surface area contributed by atoms with Gasteiger partial charge in [0.2, 0.25) is 17.7 Å². The van der Waals surface area contributed by atoms with Gasteiger partial charge < -0.3 is 15.4 Å². The van der Waals surface area contributed by atoms with Crippen molar-refractivity contribution in [2.45, 2.75) is 63.8 Å². The Morgan fingerprint density at radius 2 is 1.97 bits per heavy atom. The zero-order chi connectivity index (χ0) is 21.7. The van der Waals surface area contributed by atoms with Gasteiger partial charge in [-0.2, -0.15) is 10.4 Å². The first-order valence-electron chi connectivity index (χ1n) is 11.1. The number of nitrogens with zero attached hydrogens (tertiary/aromatic N) is 4. The fourth-order valence-corrected chi connectivity index (χ4v) is 4.64. The number of rotatable bonds is 4. The van der Waals surface area contributed by atoms with Gasteiger partial charge in [-0.25, -0.2) is 4.68 Å². The van der Waals surface area contributed by atoms with Crippen molar-refractivity contribution >= 4 is 11.6 Å². The first kappa shape index (κ1) is 19.7. The van der Waals surface area contributed by atoms with E-state index < -0.39 is 0 Å². The van der Waals surface area contributed by atoms with E-state index >= 15 is 0 Å². The summed E-state index contributed by atoms with van der Waals surface area (Å²) in [6, 6.07) is 10.6. The van der Waals surface area contributed by atoms with Gasteiger partial charge in [-0.1, -0.05) is 26.0 Å². The minimum Gasteiger partial charge on any atom is -0.422 e. The van der Waals surface area contributed by atoms with E-state index in [1.165, 1.54) is 0 Å². The highest BCUT2D eigenvalue weighted by atomic mass is 16.5. The molecule has 5 rings (SSSR count). The maximum Gasteiger partial charge on any atom is 0.226 e. The van der Waals surface area contributed by atoms with Crippen LogP contribution in [0.5, 0.6) is 5.88 Å². The van der Waals surface area contributed by atoms with Crippen LogP contribution in [0, 0.1) is 11.3 Å². The lowest BCUT2D eigenvalue weighted by Crippen LogP contribution is -2.35. The Kier molecular flexibility index (Phi) is 4.73. The summed E-state index contributed by atoms with van der Waals surface area (Å²) in [5.41, 5.74) is 10.4. The average molecular weight is 418 g/mol. The Morgan fingerprint density at radius 1 is 1.23 bits per heavy atom. The molecule has 3 heterocycles. The summed E-state index contributed by atoms with van der Waals surface area (Å²) in [4.78, 5) is 14.2. The van der Waals surface area contributed by atoms with Crippen LogP contribution < -0.4 is 15.4 Å². The average Bonchev–Trinajstić information content (AvgIpc) is 3.54. The molecule has 1 atom stereocenters. The third-order valence-corrected chi connectivity index (χ3v) is 6.40. The van der Waals surface area contributed by atoms with Crippen molar-refractivity contribution in [1.29, 1.82) is 5.26 Å². The van der Waals surface area contributed by atoms with Crippen molar-refractivity contribution in [1.82, 2.24) is 9.78 Å². The van der Waals surface area contributed by atoms with Crippen molar-refractivity contribution in [2.75, 3.05) is 11.4 Å². The van der Waals surface area contributed by atoms with Gasteiger partial charge in [0.25, 0.3) is 0 Å². The van der Waals surface area contributed by atoms with E-state index in [1.807, 2.05) is 33.8 Å². The zero-order valence-electron chi connectivity index (χ0n) is 18.0. The number of fused-ring (bicyclic) bond motifs is 1. The second-order valence-electron chi connectivity index (χ2n) is 8.95. The van der Waals surface area contributed by atoms with Crippen molar-refractivity contribution in [3.05, 3.63) is 52.5 Å². The summed E-state index contributed by atoms with van der Waals surface area (Å²) in [5, 5.41) is 14.8. The van der Waals surface area contributed by atoms with E-state index in [4.69, 9.17) is 15.6 Å². The van der Waals surface area contributed by atoms with Crippen LogP contribution in [0.1, 0.15) is 80.7 Å². The van der Waals surface area contributed by atoms with Crippen molar-refractivity contribution in [2.24, 2.45) is 5.73 Å². The van der Waals surface area contributed by atoms with Crippen molar-refractivity contribution in [3.8, 4) is 11.9 Å². The molecule has 2 N–H and O–H groups in total. The van der Waals surface area contributed by atoms with E-state index in [2.05, 4.69) is 19.9 Å². The van der Waals surface area contributed by atoms with E-state index in [1.54, 1.807) is 0 Å². The molecule has 2 aromatic rings. The monoisotopic (exact) mass is 417 g/mol. The summed E-state index contributed by atoms with van der Waals surface area (Å²) < 4.78 is 7.92. The molecule has 1 saturated carbocycles. The third-order valence-electron chi connectivity index (χ3n) is 6.40. The maximum atomic E-state index is 12.3. The first-order chi connectivity index (χ1) is 15.0. The number of ether oxygens (including phenoxy) is 1. The Bertz CT molecular complexity index is 1100. The van der Waals surface area contributed by atoms with Crippen LogP contribution in [0.2, 0.25) is 0 Å². The zero-order valence-corrected chi connectivity index (χ0v) is 18.0. The van der Waals surface area contributed by atoms with Crippen LogP contribution in [-0.4, -0.2) is 22.2 Å². The van der Waals surface area contributed by atoms with Gasteiger partial charge in [-0.05, 0) is 49.3 Å². The SMILES string of the molecule is CC(C)c1nn(C2CC2)c2c1C(c1ccc(N3CCCCC3=O)cc1)C(C#N)=C(N)O2. The number of aromatic nitrogens is 2. The summed E-state index contributed by atoms with van der Waals surface area (Å²) in [6.45, 7) is 4.97. The molecule has 1 aromatic heterocycles. The standard InChI is InChI=1S/C24H27N5O2/c1-14(2)22-21-20(15-6-8-16(9-7-15)28-12-4-3-5-19(28)30)18(13-25)23(26)31-24(21)29(27-22)17-10-11-17/h6-9,14,17,20H,3-5,10-12,26H2,1-2H3. The Balaban J connectivity index is 1.60. The third kappa shape index (κ3) is 3.27. The molecule has 0 spiro atoms. The van der Waals surface area contributed by atoms with Gasteiger partial charge in [0.15, 0.2) is 0 Å².